The molecule has 0 aromatic carbocycles. The van der Waals surface area contributed by atoms with E-state index in [1.54, 1.807) is 0 Å². The van der Waals surface area contributed by atoms with E-state index in [4.69, 9.17) is 9.52 Å². The van der Waals surface area contributed by atoms with Crippen LogP contribution in [0.15, 0.2) is 10.7 Å². The fraction of sp³-hybridized carbons (Fsp3) is 0.556. The molecule has 0 spiro atoms. The van der Waals surface area contributed by atoms with Gasteiger partial charge in [-0.25, -0.2) is 4.79 Å². The number of oxazole rings is 1. The first kappa shape index (κ1) is 10.4. The quantitative estimate of drug-likeness (QED) is 0.819. The Labute approximate surface area is 91.3 Å². The molecular weight excluding hydrogens is 216 g/mol. The van der Waals surface area contributed by atoms with Crippen molar-refractivity contribution in [2.45, 2.75) is 18.9 Å². The molecule has 2 heterocycles. The van der Waals surface area contributed by atoms with E-state index in [-0.39, 0.29) is 5.69 Å². The van der Waals surface area contributed by atoms with Gasteiger partial charge in [-0.3, -0.25) is 0 Å². The molecule has 1 aromatic rings. The van der Waals surface area contributed by atoms with E-state index in [1.165, 1.54) is 0 Å². The predicted octanol–water partition coefficient (Wildman–Crippen LogP) is 1.68. The number of nitrogens with zero attached hydrogens (tertiary/aromatic N) is 1. The number of carboxylic acid groups (broad SMARTS) is 1. The van der Waals surface area contributed by atoms with Gasteiger partial charge in [-0.05, 0) is 24.3 Å². The summed E-state index contributed by atoms with van der Waals surface area (Å²) < 4.78 is 5.02. The fourth-order valence-corrected chi connectivity index (χ4v) is 2.56. The standard InChI is InChI=1S/C9H12N2O3S/c12-8(13)7-5-14-9(11-7)10-6-1-3-15-4-2-6/h5-6H,1-4H2,(H,10,11)(H,12,13). The number of hydrogen-bond donors (Lipinski definition) is 2. The Morgan fingerprint density at radius 2 is 2.33 bits per heavy atom. The van der Waals surface area contributed by atoms with Crippen LogP contribution in [0.1, 0.15) is 23.3 Å². The second-order valence-electron chi connectivity index (χ2n) is 3.37. The maximum Gasteiger partial charge on any atom is 0.357 e. The van der Waals surface area contributed by atoms with Crippen LogP contribution in [0.25, 0.3) is 0 Å². The minimum Gasteiger partial charge on any atom is -0.476 e. The van der Waals surface area contributed by atoms with Gasteiger partial charge < -0.3 is 14.8 Å². The molecular formula is C9H12N2O3S. The van der Waals surface area contributed by atoms with E-state index in [2.05, 4.69) is 10.3 Å². The number of aromatic carboxylic acids is 1. The van der Waals surface area contributed by atoms with E-state index >= 15 is 0 Å². The number of rotatable bonds is 3. The SMILES string of the molecule is O=C(O)c1coc(NC2CCSCC2)n1. The fourth-order valence-electron chi connectivity index (χ4n) is 1.45. The molecule has 0 unspecified atom stereocenters. The summed E-state index contributed by atoms with van der Waals surface area (Å²) in [7, 11) is 0. The summed E-state index contributed by atoms with van der Waals surface area (Å²) in [6.07, 6.45) is 3.28. The third-order valence-electron chi connectivity index (χ3n) is 2.27. The summed E-state index contributed by atoms with van der Waals surface area (Å²) in [6, 6.07) is 0.663. The lowest BCUT2D eigenvalue weighted by atomic mass is 10.2. The number of aromatic nitrogens is 1. The molecule has 2 N–H and O–H groups in total. The summed E-state index contributed by atoms with van der Waals surface area (Å²) >= 11 is 1.93. The average Bonchev–Trinajstić information content (AvgIpc) is 2.68. The zero-order valence-electron chi connectivity index (χ0n) is 8.10. The molecule has 0 bridgehead atoms. The smallest absolute Gasteiger partial charge is 0.357 e. The van der Waals surface area contributed by atoms with E-state index < -0.39 is 5.97 Å². The van der Waals surface area contributed by atoms with Crippen molar-refractivity contribution in [3.8, 4) is 0 Å². The summed E-state index contributed by atoms with van der Waals surface area (Å²) in [5, 5.41) is 11.8. The van der Waals surface area contributed by atoms with Gasteiger partial charge >= 0.3 is 5.97 Å². The molecule has 1 saturated heterocycles. The van der Waals surface area contributed by atoms with Crippen LogP contribution in [0, 0.1) is 0 Å². The molecule has 1 fully saturated rings. The summed E-state index contributed by atoms with van der Waals surface area (Å²) in [5.41, 5.74) is -0.0531. The van der Waals surface area contributed by atoms with E-state index in [0.29, 0.717) is 12.1 Å². The first-order valence-corrected chi connectivity index (χ1v) is 5.94. The van der Waals surface area contributed by atoms with Crippen LogP contribution in [0.4, 0.5) is 6.01 Å². The first-order chi connectivity index (χ1) is 7.25. The number of nitrogens with one attached hydrogen (secondary N) is 1. The van der Waals surface area contributed by atoms with Crippen molar-refractivity contribution in [1.29, 1.82) is 0 Å². The largest absolute Gasteiger partial charge is 0.476 e. The van der Waals surface area contributed by atoms with Gasteiger partial charge in [0.2, 0.25) is 0 Å². The summed E-state index contributed by atoms with van der Waals surface area (Å²) in [6.45, 7) is 0. The highest BCUT2D eigenvalue weighted by molar-refractivity contribution is 7.99. The maximum absolute atomic E-state index is 10.6. The van der Waals surface area contributed by atoms with Crippen molar-refractivity contribution in [2.75, 3.05) is 16.8 Å². The monoisotopic (exact) mass is 228 g/mol. The van der Waals surface area contributed by atoms with Gasteiger partial charge in [-0.1, -0.05) is 0 Å². The molecule has 15 heavy (non-hydrogen) atoms. The van der Waals surface area contributed by atoms with Gasteiger partial charge in [0.1, 0.15) is 6.26 Å². The van der Waals surface area contributed by atoms with Crippen LogP contribution in [-0.4, -0.2) is 33.6 Å². The van der Waals surface area contributed by atoms with E-state index in [9.17, 15) is 4.79 Å². The van der Waals surface area contributed by atoms with Crippen LogP contribution in [0.2, 0.25) is 0 Å². The predicted molar refractivity (Wildman–Crippen MR) is 57.4 cm³/mol. The third-order valence-corrected chi connectivity index (χ3v) is 3.32. The molecule has 5 nitrogen and oxygen atoms in total. The molecule has 2 rings (SSSR count). The normalized spacial score (nSPS) is 17.6. The number of carboxylic acids is 1. The van der Waals surface area contributed by atoms with Crippen LogP contribution in [-0.2, 0) is 0 Å². The lowest BCUT2D eigenvalue weighted by Gasteiger charge is -2.21. The number of thioether (sulfide) groups is 1. The van der Waals surface area contributed by atoms with Crippen molar-refractivity contribution < 1.29 is 14.3 Å². The van der Waals surface area contributed by atoms with E-state index in [0.717, 1.165) is 30.6 Å². The second kappa shape index (κ2) is 4.57. The molecule has 82 valence electrons. The number of hydrogen-bond acceptors (Lipinski definition) is 5. The van der Waals surface area contributed by atoms with Crippen molar-refractivity contribution >= 4 is 23.7 Å². The minimum absolute atomic E-state index is 0.0531. The Hall–Kier alpha value is -1.17. The molecule has 0 amide bonds. The first-order valence-electron chi connectivity index (χ1n) is 4.79. The zero-order valence-corrected chi connectivity index (χ0v) is 8.92. The van der Waals surface area contributed by atoms with Gasteiger partial charge in [0.05, 0.1) is 0 Å². The van der Waals surface area contributed by atoms with Crippen molar-refractivity contribution in [1.82, 2.24) is 4.98 Å². The molecule has 0 aliphatic carbocycles. The third kappa shape index (κ3) is 2.65. The summed E-state index contributed by atoms with van der Waals surface area (Å²) in [4.78, 5) is 14.4. The molecule has 1 aliphatic heterocycles. The Balaban J connectivity index is 1.94. The second-order valence-corrected chi connectivity index (χ2v) is 4.60. The Bertz CT molecular complexity index is 347. The van der Waals surface area contributed by atoms with Gasteiger partial charge in [-0.2, -0.15) is 16.7 Å². The lowest BCUT2D eigenvalue weighted by molar-refractivity contribution is 0.0690. The Morgan fingerprint density at radius 1 is 1.60 bits per heavy atom. The highest BCUT2D eigenvalue weighted by atomic mass is 32.2. The molecule has 1 aliphatic rings. The number of anilines is 1. The number of carbonyl (C=O) groups is 1. The van der Waals surface area contributed by atoms with Crippen molar-refractivity contribution in [3.05, 3.63) is 12.0 Å². The molecule has 0 saturated carbocycles. The van der Waals surface area contributed by atoms with Crippen LogP contribution in [0.3, 0.4) is 0 Å². The molecule has 0 radical (unpaired) electrons. The highest BCUT2D eigenvalue weighted by Crippen LogP contribution is 2.20. The molecule has 0 atom stereocenters. The molecule has 1 aromatic heterocycles. The van der Waals surface area contributed by atoms with Crippen LogP contribution >= 0.6 is 11.8 Å². The lowest BCUT2D eigenvalue weighted by Crippen LogP contribution is -2.24. The topological polar surface area (TPSA) is 75.4 Å². The maximum atomic E-state index is 10.6. The Morgan fingerprint density at radius 3 is 2.93 bits per heavy atom. The highest BCUT2D eigenvalue weighted by Gasteiger charge is 2.16. The van der Waals surface area contributed by atoms with Gasteiger partial charge in [0.25, 0.3) is 6.01 Å². The van der Waals surface area contributed by atoms with Gasteiger partial charge in [0, 0.05) is 6.04 Å². The van der Waals surface area contributed by atoms with Gasteiger partial charge in [-0.15, -0.1) is 0 Å². The van der Waals surface area contributed by atoms with Crippen LogP contribution in [0.5, 0.6) is 0 Å². The minimum atomic E-state index is -1.06. The van der Waals surface area contributed by atoms with Crippen molar-refractivity contribution in [2.24, 2.45) is 0 Å². The van der Waals surface area contributed by atoms with E-state index in [1.807, 2.05) is 11.8 Å². The Kier molecular flexibility index (Phi) is 3.15. The zero-order chi connectivity index (χ0) is 10.7. The average molecular weight is 228 g/mol. The van der Waals surface area contributed by atoms with Crippen molar-refractivity contribution in [3.63, 3.8) is 0 Å². The van der Waals surface area contributed by atoms with Crippen LogP contribution < -0.4 is 5.32 Å². The summed E-state index contributed by atoms with van der Waals surface area (Å²) in [5.74, 6) is 1.19. The molecule has 6 heteroatoms. The van der Waals surface area contributed by atoms with Gasteiger partial charge in [0.15, 0.2) is 5.69 Å².